The van der Waals surface area contributed by atoms with Gasteiger partial charge in [0.1, 0.15) is 0 Å². The molecule has 0 aliphatic heterocycles. The molecule has 8 heteroatoms. The van der Waals surface area contributed by atoms with Crippen molar-refractivity contribution >= 4 is 31.9 Å². The Morgan fingerprint density at radius 3 is 2.64 bits per heavy atom. The molecule has 0 unspecified atom stereocenters. The lowest BCUT2D eigenvalue weighted by Gasteiger charge is -2.14. The topological polar surface area (TPSA) is 79.6 Å². The second kappa shape index (κ2) is 6.64. The fourth-order valence-corrected chi connectivity index (χ4v) is 3.56. The van der Waals surface area contributed by atoms with Crippen LogP contribution in [0.15, 0.2) is 50.6 Å². The van der Waals surface area contributed by atoms with Gasteiger partial charge in [0, 0.05) is 36.2 Å². The first-order valence-corrected chi connectivity index (χ1v) is 8.57. The summed E-state index contributed by atoms with van der Waals surface area (Å²) >= 11 is 3.20. The van der Waals surface area contributed by atoms with Gasteiger partial charge in [0.2, 0.25) is 10.0 Å². The Hall–Kier alpha value is -1.64. The second-order valence-electron chi connectivity index (χ2n) is 4.75. The summed E-state index contributed by atoms with van der Waals surface area (Å²) in [4.78, 5) is 12.2. The largest absolute Gasteiger partial charge is 0.472 e. The number of carbonyl (C=O) groups is 1. The third kappa shape index (κ3) is 3.57. The molecule has 1 heterocycles. The van der Waals surface area contributed by atoms with E-state index in [1.807, 2.05) is 0 Å². The third-order valence-electron chi connectivity index (χ3n) is 2.99. The van der Waals surface area contributed by atoms with Gasteiger partial charge < -0.3 is 9.73 Å². The van der Waals surface area contributed by atoms with E-state index >= 15 is 0 Å². The standard InChI is InChI=1S/C14H15BrN2O4S/c1-17(2)22(19,20)13-7-11(3-4-12(13)15)14(18)16-8-10-5-6-21-9-10/h3-7,9H,8H2,1-2H3,(H,16,18). The number of amides is 1. The minimum atomic E-state index is -3.63. The van der Waals surface area contributed by atoms with Crippen molar-refractivity contribution in [1.82, 2.24) is 9.62 Å². The van der Waals surface area contributed by atoms with Gasteiger partial charge in [-0.2, -0.15) is 0 Å². The fourth-order valence-electron chi connectivity index (χ4n) is 1.72. The lowest BCUT2D eigenvalue weighted by molar-refractivity contribution is 0.0950. The highest BCUT2D eigenvalue weighted by Crippen LogP contribution is 2.25. The minimum absolute atomic E-state index is 0.0495. The summed E-state index contributed by atoms with van der Waals surface area (Å²) in [6, 6.07) is 6.19. The molecule has 22 heavy (non-hydrogen) atoms. The van der Waals surface area contributed by atoms with Gasteiger partial charge in [-0.1, -0.05) is 0 Å². The normalized spacial score (nSPS) is 11.6. The Kier molecular flexibility index (Phi) is 5.05. The first-order valence-electron chi connectivity index (χ1n) is 6.33. The van der Waals surface area contributed by atoms with Crippen molar-refractivity contribution in [2.24, 2.45) is 0 Å². The second-order valence-corrected chi connectivity index (χ2v) is 7.72. The molecule has 6 nitrogen and oxygen atoms in total. The van der Waals surface area contributed by atoms with E-state index in [1.54, 1.807) is 18.2 Å². The molecule has 0 fully saturated rings. The number of benzene rings is 1. The van der Waals surface area contributed by atoms with Gasteiger partial charge >= 0.3 is 0 Å². The van der Waals surface area contributed by atoms with Crippen LogP contribution >= 0.6 is 15.9 Å². The Balaban J connectivity index is 2.24. The number of rotatable bonds is 5. The van der Waals surface area contributed by atoms with Crippen molar-refractivity contribution in [3.8, 4) is 0 Å². The highest BCUT2D eigenvalue weighted by molar-refractivity contribution is 9.10. The third-order valence-corrected chi connectivity index (χ3v) is 5.79. The number of sulfonamides is 1. The maximum absolute atomic E-state index is 12.2. The monoisotopic (exact) mass is 386 g/mol. The highest BCUT2D eigenvalue weighted by Gasteiger charge is 2.22. The van der Waals surface area contributed by atoms with Crippen LogP contribution in [0, 0.1) is 0 Å². The Bertz CT molecular complexity index is 770. The lowest BCUT2D eigenvalue weighted by Crippen LogP contribution is -2.25. The van der Waals surface area contributed by atoms with Gasteiger partial charge in [0.15, 0.2) is 0 Å². The summed E-state index contributed by atoms with van der Waals surface area (Å²) in [5, 5.41) is 2.71. The van der Waals surface area contributed by atoms with Crippen LogP contribution in [0.5, 0.6) is 0 Å². The molecule has 0 aliphatic carbocycles. The molecule has 0 spiro atoms. The predicted molar refractivity (Wildman–Crippen MR) is 84.9 cm³/mol. The summed E-state index contributed by atoms with van der Waals surface area (Å²) in [7, 11) is -0.754. The number of nitrogens with zero attached hydrogens (tertiary/aromatic N) is 1. The molecule has 1 N–H and O–H groups in total. The average Bonchev–Trinajstić information content (AvgIpc) is 2.98. The van der Waals surface area contributed by atoms with E-state index in [4.69, 9.17) is 4.42 Å². The number of furan rings is 1. The van der Waals surface area contributed by atoms with Crippen LogP contribution in [0.1, 0.15) is 15.9 Å². The van der Waals surface area contributed by atoms with Gasteiger partial charge in [0.25, 0.3) is 5.91 Å². The molecule has 0 bridgehead atoms. The summed E-state index contributed by atoms with van der Waals surface area (Å²) in [5.74, 6) is -0.357. The van der Waals surface area contributed by atoms with Crippen LogP contribution in [0.25, 0.3) is 0 Å². The van der Waals surface area contributed by atoms with Crippen LogP contribution in [0.4, 0.5) is 0 Å². The van der Waals surface area contributed by atoms with Gasteiger partial charge in [-0.25, -0.2) is 12.7 Å². The summed E-state index contributed by atoms with van der Waals surface area (Å²) in [5.41, 5.74) is 1.10. The molecule has 2 aromatic rings. The van der Waals surface area contributed by atoms with Crippen LogP contribution < -0.4 is 5.32 Å². The van der Waals surface area contributed by atoms with Gasteiger partial charge in [-0.3, -0.25) is 4.79 Å². The van der Waals surface area contributed by atoms with E-state index in [2.05, 4.69) is 21.2 Å². The number of hydrogen-bond donors (Lipinski definition) is 1. The highest BCUT2D eigenvalue weighted by atomic mass is 79.9. The maximum atomic E-state index is 12.2. The van der Waals surface area contributed by atoms with Crippen LogP contribution in [0.3, 0.4) is 0 Å². The number of hydrogen-bond acceptors (Lipinski definition) is 4. The van der Waals surface area contributed by atoms with E-state index in [0.717, 1.165) is 9.87 Å². The number of carbonyl (C=O) groups excluding carboxylic acids is 1. The van der Waals surface area contributed by atoms with Crippen LogP contribution in [0.2, 0.25) is 0 Å². The van der Waals surface area contributed by atoms with E-state index < -0.39 is 10.0 Å². The van der Waals surface area contributed by atoms with Crippen molar-refractivity contribution in [3.05, 3.63) is 52.4 Å². The van der Waals surface area contributed by atoms with Gasteiger partial charge in [0.05, 0.1) is 17.4 Å². The zero-order chi connectivity index (χ0) is 16.3. The zero-order valence-electron chi connectivity index (χ0n) is 12.0. The first-order chi connectivity index (χ1) is 10.3. The minimum Gasteiger partial charge on any atom is -0.472 e. The number of halogens is 1. The SMILES string of the molecule is CN(C)S(=O)(=O)c1cc(C(=O)NCc2ccoc2)ccc1Br. The smallest absolute Gasteiger partial charge is 0.251 e. The Labute approximate surface area is 137 Å². The van der Waals surface area contributed by atoms with E-state index in [0.29, 0.717) is 11.0 Å². The van der Waals surface area contributed by atoms with Gasteiger partial charge in [-0.05, 0) is 40.2 Å². The molecule has 118 valence electrons. The van der Waals surface area contributed by atoms with Crippen molar-refractivity contribution in [2.75, 3.05) is 14.1 Å². The summed E-state index contributed by atoms with van der Waals surface area (Å²) in [6.45, 7) is 0.307. The average molecular weight is 387 g/mol. The van der Waals surface area contributed by atoms with Gasteiger partial charge in [-0.15, -0.1) is 0 Å². The van der Waals surface area contributed by atoms with Crippen LogP contribution in [-0.2, 0) is 16.6 Å². The quantitative estimate of drug-likeness (QED) is 0.853. The van der Waals surface area contributed by atoms with E-state index in [-0.39, 0.29) is 16.4 Å². The Morgan fingerprint density at radius 2 is 2.05 bits per heavy atom. The first kappa shape index (κ1) is 16.7. The molecular weight excluding hydrogens is 372 g/mol. The fraction of sp³-hybridized carbons (Fsp3) is 0.214. The maximum Gasteiger partial charge on any atom is 0.251 e. The van der Waals surface area contributed by atoms with Crippen molar-refractivity contribution in [2.45, 2.75) is 11.4 Å². The van der Waals surface area contributed by atoms with E-state index in [1.165, 1.54) is 32.7 Å². The molecular formula is C14H15BrN2O4S. The molecule has 1 aromatic carbocycles. The summed E-state index contributed by atoms with van der Waals surface area (Å²) < 4.78 is 30.9. The van der Waals surface area contributed by atoms with E-state index in [9.17, 15) is 13.2 Å². The summed E-state index contributed by atoms with van der Waals surface area (Å²) in [6.07, 6.45) is 3.05. The molecule has 0 saturated heterocycles. The molecule has 0 aliphatic rings. The molecule has 1 aromatic heterocycles. The zero-order valence-corrected chi connectivity index (χ0v) is 14.4. The van der Waals surface area contributed by atoms with Crippen molar-refractivity contribution in [1.29, 1.82) is 0 Å². The van der Waals surface area contributed by atoms with Crippen LogP contribution in [-0.4, -0.2) is 32.7 Å². The van der Waals surface area contributed by atoms with Crippen molar-refractivity contribution < 1.29 is 17.6 Å². The number of nitrogens with one attached hydrogen (secondary N) is 1. The Morgan fingerprint density at radius 1 is 1.32 bits per heavy atom. The molecule has 0 radical (unpaired) electrons. The lowest BCUT2D eigenvalue weighted by atomic mass is 10.2. The predicted octanol–water partition coefficient (Wildman–Crippen LogP) is 2.22. The molecule has 1 amide bonds. The van der Waals surface area contributed by atoms with Crippen molar-refractivity contribution in [3.63, 3.8) is 0 Å². The molecule has 0 atom stereocenters. The molecule has 0 saturated carbocycles. The molecule has 2 rings (SSSR count).